The summed E-state index contributed by atoms with van der Waals surface area (Å²) in [6.07, 6.45) is 1.66. The van der Waals surface area contributed by atoms with E-state index in [9.17, 15) is 4.79 Å². The molecule has 2 aromatic carbocycles. The van der Waals surface area contributed by atoms with Crippen LogP contribution in [0.1, 0.15) is 20.1 Å². The number of hydrogen-bond acceptors (Lipinski definition) is 3. The van der Waals surface area contributed by atoms with Gasteiger partial charge in [0.2, 0.25) is 0 Å². The number of hydrazone groups is 1. The number of hydrogen-bond donors (Lipinski definition) is 1. The minimum Gasteiger partial charge on any atom is -0.267 e. The highest BCUT2D eigenvalue weighted by molar-refractivity contribution is 7.13. The van der Waals surface area contributed by atoms with Crippen molar-refractivity contribution in [2.75, 3.05) is 0 Å². The minimum atomic E-state index is -0.214. The summed E-state index contributed by atoms with van der Waals surface area (Å²) in [5.41, 5.74) is 5.35. The smallest absolute Gasteiger partial charge is 0.267 e. The number of nitrogens with zero attached hydrogens (tertiary/aromatic N) is 1. The Hall–Kier alpha value is -2.72. The van der Waals surface area contributed by atoms with Crippen LogP contribution in [0.3, 0.4) is 0 Å². The molecular formula is C19H16N2OS. The van der Waals surface area contributed by atoms with E-state index in [-0.39, 0.29) is 5.91 Å². The van der Waals surface area contributed by atoms with Crippen molar-refractivity contribution >= 4 is 23.5 Å². The maximum atomic E-state index is 12.1. The van der Waals surface area contributed by atoms with Crippen LogP contribution in [0.5, 0.6) is 0 Å². The van der Waals surface area contributed by atoms with Gasteiger partial charge in [-0.2, -0.15) is 5.10 Å². The molecule has 23 heavy (non-hydrogen) atoms. The SMILES string of the molecule is Cc1ccc(/C=N\NC(=O)c2ccc(-c3ccccc3)cc2)s1. The Morgan fingerprint density at radius 3 is 2.30 bits per heavy atom. The van der Waals surface area contributed by atoms with E-state index in [0.717, 1.165) is 16.0 Å². The van der Waals surface area contributed by atoms with Crippen LogP contribution < -0.4 is 5.43 Å². The molecule has 0 saturated heterocycles. The summed E-state index contributed by atoms with van der Waals surface area (Å²) in [6.45, 7) is 2.04. The topological polar surface area (TPSA) is 41.5 Å². The average molecular weight is 320 g/mol. The van der Waals surface area contributed by atoms with E-state index in [2.05, 4.69) is 10.5 Å². The Balaban J connectivity index is 1.65. The molecule has 1 amide bonds. The molecule has 1 aromatic heterocycles. The van der Waals surface area contributed by atoms with E-state index in [4.69, 9.17) is 0 Å². The number of amides is 1. The lowest BCUT2D eigenvalue weighted by atomic mass is 10.0. The van der Waals surface area contributed by atoms with Crippen molar-refractivity contribution in [3.63, 3.8) is 0 Å². The molecule has 0 aliphatic carbocycles. The van der Waals surface area contributed by atoms with Crippen molar-refractivity contribution in [3.8, 4) is 11.1 Å². The third-order valence-electron chi connectivity index (χ3n) is 3.37. The number of carbonyl (C=O) groups excluding carboxylic acids is 1. The normalized spacial score (nSPS) is 10.8. The zero-order chi connectivity index (χ0) is 16.1. The Kier molecular flexibility index (Phi) is 4.64. The molecule has 0 unspecified atom stereocenters. The van der Waals surface area contributed by atoms with Crippen molar-refractivity contribution in [3.05, 3.63) is 82.0 Å². The standard InChI is InChI=1S/C19H16N2OS/c1-14-7-12-18(23-14)13-20-21-19(22)17-10-8-16(9-11-17)15-5-3-2-4-6-15/h2-13H,1H3,(H,21,22)/b20-13-. The maximum absolute atomic E-state index is 12.1. The first kappa shape index (κ1) is 15.2. The van der Waals surface area contributed by atoms with Gasteiger partial charge in [0.15, 0.2) is 0 Å². The molecule has 0 atom stereocenters. The van der Waals surface area contributed by atoms with E-state index >= 15 is 0 Å². The second-order valence-electron chi connectivity index (χ2n) is 5.09. The first-order valence-electron chi connectivity index (χ1n) is 7.28. The molecule has 1 heterocycles. The van der Waals surface area contributed by atoms with Gasteiger partial charge < -0.3 is 0 Å². The van der Waals surface area contributed by atoms with Crippen molar-refractivity contribution in [2.24, 2.45) is 5.10 Å². The fraction of sp³-hybridized carbons (Fsp3) is 0.0526. The zero-order valence-electron chi connectivity index (χ0n) is 12.7. The van der Waals surface area contributed by atoms with Gasteiger partial charge in [0, 0.05) is 15.3 Å². The van der Waals surface area contributed by atoms with E-state index in [1.54, 1.807) is 17.6 Å². The van der Waals surface area contributed by atoms with Crippen molar-refractivity contribution in [1.29, 1.82) is 0 Å². The van der Waals surface area contributed by atoms with Crippen molar-refractivity contribution in [1.82, 2.24) is 5.43 Å². The van der Waals surface area contributed by atoms with Gasteiger partial charge in [0.25, 0.3) is 5.91 Å². The predicted molar refractivity (Wildman–Crippen MR) is 96.0 cm³/mol. The number of aryl methyl sites for hydroxylation is 1. The van der Waals surface area contributed by atoms with Crippen molar-refractivity contribution in [2.45, 2.75) is 6.92 Å². The maximum Gasteiger partial charge on any atom is 0.271 e. The van der Waals surface area contributed by atoms with Gasteiger partial charge >= 0.3 is 0 Å². The Bertz CT molecular complexity index is 820. The van der Waals surface area contributed by atoms with Gasteiger partial charge in [-0.25, -0.2) is 5.43 Å². The molecule has 0 radical (unpaired) electrons. The summed E-state index contributed by atoms with van der Waals surface area (Å²) in [7, 11) is 0. The molecule has 3 aromatic rings. The van der Waals surface area contributed by atoms with Crippen LogP contribution in [-0.2, 0) is 0 Å². The average Bonchev–Trinajstić information content (AvgIpc) is 3.01. The summed E-state index contributed by atoms with van der Waals surface area (Å²) in [5.74, 6) is -0.214. The third kappa shape index (κ3) is 3.93. The Morgan fingerprint density at radius 1 is 0.957 bits per heavy atom. The number of carbonyl (C=O) groups is 1. The molecule has 0 saturated carbocycles. The van der Waals surface area contributed by atoms with E-state index in [0.29, 0.717) is 5.56 Å². The molecule has 4 heteroatoms. The summed E-state index contributed by atoms with van der Waals surface area (Å²) in [6, 6.07) is 21.6. The Labute approximate surface area is 139 Å². The van der Waals surface area contributed by atoms with Gasteiger partial charge in [0.1, 0.15) is 0 Å². The highest BCUT2D eigenvalue weighted by atomic mass is 32.1. The lowest BCUT2D eigenvalue weighted by molar-refractivity contribution is 0.0955. The van der Waals surface area contributed by atoms with Gasteiger partial charge in [-0.05, 0) is 42.3 Å². The van der Waals surface area contributed by atoms with Gasteiger partial charge in [-0.15, -0.1) is 11.3 Å². The first-order chi connectivity index (χ1) is 11.2. The number of thiophene rings is 1. The highest BCUT2D eigenvalue weighted by Crippen LogP contribution is 2.19. The molecule has 0 aliphatic heterocycles. The van der Waals surface area contributed by atoms with E-state index in [1.165, 1.54) is 4.88 Å². The first-order valence-corrected chi connectivity index (χ1v) is 8.09. The van der Waals surface area contributed by atoms with Crippen LogP contribution in [0.4, 0.5) is 0 Å². The fourth-order valence-electron chi connectivity index (χ4n) is 2.19. The molecule has 3 nitrogen and oxygen atoms in total. The van der Waals surface area contributed by atoms with Gasteiger partial charge in [-0.1, -0.05) is 42.5 Å². The second-order valence-corrected chi connectivity index (χ2v) is 6.41. The molecule has 0 fully saturated rings. The molecule has 3 rings (SSSR count). The monoisotopic (exact) mass is 320 g/mol. The largest absolute Gasteiger partial charge is 0.271 e. The molecule has 0 spiro atoms. The quantitative estimate of drug-likeness (QED) is 0.558. The van der Waals surface area contributed by atoms with Gasteiger partial charge in [0.05, 0.1) is 6.21 Å². The molecule has 1 N–H and O–H groups in total. The van der Waals surface area contributed by atoms with Crippen LogP contribution in [-0.4, -0.2) is 12.1 Å². The van der Waals surface area contributed by atoms with E-state index in [1.807, 2.05) is 73.7 Å². The van der Waals surface area contributed by atoms with Crippen molar-refractivity contribution < 1.29 is 4.79 Å². The third-order valence-corrected chi connectivity index (χ3v) is 4.31. The molecule has 114 valence electrons. The van der Waals surface area contributed by atoms with E-state index < -0.39 is 0 Å². The van der Waals surface area contributed by atoms with Crippen LogP contribution in [0.25, 0.3) is 11.1 Å². The zero-order valence-corrected chi connectivity index (χ0v) is 13.5. The minimum absolute atomic E-state index is 0.214. The lowest BCUT2D eigenvalue weighted by Gasteiger charge is -2.03. The summed E-state index contributed by atoms with van der Waals surface area (Å²) in [4.78, 5) is 14.3. The molecule has 0 bridgehead atoms. The fourth-order valence-corrected chi connectivity index (χ4v) is 2.94. The van der Waals surface area contributed by atoms with Crippen LogP contribution in [0.15, 0.2) is 71.8 Å². The Morgan fingerprint density at radius 2 is 1.65 bits per heavy atom. The summed E-state index contributed by atoms with van der Waals surface area (Å²) < 4.78 is 0. The highest BCUT2D eigenvalue weighted by Gasteiger charge is 2.04. The number of benzene rings is 2. The predicted octanol–water partition coefficient (Wildman–Crippen LogP) is 4.49. The number of rotatable bonds is 4. The van der Waals surface area contributed by atoms with Gasteiger partial charge in [-0.3, -0.25) is 4.79 Å². The summed E-state index contributed by atoms with van der Waals surface area (Å²) >= 11 is 1.63. The second kappa shape index (κ2) is 7.03. The van der Waals surface area contributed by atoms with Crippen LogP contribution >= 0.6 is 11.3 Å². The summed E-state index contributed by atoms with van der Waals surface area (Å²) in [5, 5.41) is 4.00. The number of nitrogens with one attached hydrogen (secondary N) is 1. The lowest BCUT2D eigenvalue weighted by Crippen LogP contribution is -2.17. The van der Waals surface area contributed by atoms with Crippen LogP contribution in [0, 0.1) is 6.92 Å². The molecule has 0 aliphatic rings. The van der Waals surface area contributed by atoms with Crippen LogP contribution in [0.2, 0.25) is 0 Å². The molecular weight excluding hydrogens is 304 g/mol.